The summed E-state index contributed by atoms with van der Waals surface area (Å²) >= 11 is 0. The largest absolute Gasteiger partial charge is 0.455 e. The molecule has 0 spiro atoms. The van der Waals surface area contributed by atoms with E-state index in [-0.39, 0.29) is 5.91 Å². The lowest BCUT2D eigenvalue weighted by Crippen LogP contribution is -2.33. The third-order valence-corrected chi connectivity index (χ3v) is 5.47. The molecule has 0 saturated carbocycles. The molecule has 3 aromatic rings. The van der Waals surface area contributed by atoms with E-state index in [9.17, 15) is 4.79 Å². The zero-order chi connectivity index (χ0) is 20.4. The fraction of sp³-hybridized carbons (Fsp3) is 0.500. The second kappa shape index (κ2) is 8.20. The first kappa shape index (κ1) is 19.4. The molecule has 9 nitrogen and oxygen atoms in total. The first-order valence-corrected chi connectivity index (χ1v) is 9.89. The Hall–Kier alpha value is -2.94. The fourth-order valence-corrected chi connectivity index (χ4v) is 3.78. The Morgan fingerprint density at radius 2 is 2.00 bits per heavy atom. The van der Waals surface area contributed by atoms with Crippen molar-refractivity contribution < 1.29 is 9.21 Å². The minimum atomic E-state index is -0.108. The summed E-state index contributed by atoms with van der Waals surface area (Å²) in [7, 11) is 5.48. The summed E-state index contributed by atoms with van der Waals surface area (Å²) < 4.78 is 9.69. The lowest BCUT2D eigenvalue weighted by Gasteiger charge is -2.30. The van der Waals surface area contributed by atoms with E-state index < -0.39 is 0 Å². The molecule has 0 N–H and O–H groups in total. The van der Waals surface area contributed by atoms with Gasteiger partial charge in [-0.25, -0.2) is 0 Å². The van der Waals surface area contributed by atoms with E-state index in [1.165, 1.54) is 4.90 Å². The van der Waals surface area contributed by atoms with E-state index in [1.807, 2.05) is 30.1 Å². The van der Waals surface area contributed by atoms with Gasteiger partial charge in [-0.1, -0.05) is 0 Å². The standard InChI is InChI=1S/C20H27N7O2/c1-24(2)20(28)17-6-5-16(29-17)13-26-11-7-15(8-12-26)19-23-22-18(25(19)3)14-27-10-4-9-21-27/h4-6,9-10,15H,7-8,11-14H2,1-3H3. The molecular weight excluding hydrogens is 370 g/mol. The molecule has 1 saturated heterocycles. The molecular formula is C20H27N7O2. The smallest absolute Gasteiger partial charge is 0.289 e. The predicted molar refractivity (Wildman–Crippen MR) is 106 cm³/mol. The molecule has 4 heterocycles. The highest BCUT2D eigenvalue weighted by Gasteiger charge is 2.26. The van der Waals surface area contributed by atoms with Crippen LogP contribution in [0.15, 0.2) is 35.0 Å². The quantitative estimate of drug-likeness (QED) is 0.630. The van der Waals surface area contributed by atoms with E-state index in [0.29, 0.717) is 18.2 Å². The highest BCUT2D eigenvalue weighted by Crippen LogP contribution is 2.28. The van der Waals surface area contributed by atoms with Gasteiger partial charge >= 0.3 is 0 Å². The van der Waals surface area contributed by atoms with Crippen LogP contribution in [0.4, 0.5) is 0 Å². The van der Waals surface area contributed by atoms with Crippen LogP contribution in [0.3, 0.4) is 0 Å². The van der Waals surface area contributed by atoms with Crippen LogP contribution in [-0.4, -0.2) is 67.4 Å². The summed E-state index contributed by atoms with van der Waals surface area (Å²) in [6, 6.07) is 5.56. The van der Waals surface area contributed by atoms with Crippen LogP contribution in [0, 0.1) is 0 Å². The van der Waals surface area contributed by atoms with Crippen LogP contribution in [-0.2, 0) is 20.1 Å². The van der Waals surface area contributed by atoms with Gasteiger partial charge in [-0.2, -0.15) is 5.10 Å². The van der Waals surface area contributed by atoms with Gasteiger partial charge in [0, 0.05) is 39.5 Å². The summed E-state index contributed by atoms with van der Waals surface area (Å²) in [6.45, 7) is 3.27. The summed E-state index contributed by atoms with van der Waals surface area (Å²) in [6.07, 6.45) is 5.75. The van der Waals surface area contributed by atoms with E-state index in [2.05, 4.69) is 24.8 Å². The van der Waals surface area contributed by atoms with Crippen LogP contribution in [0.5, 0.6) is 0 Å². The maximum absolute atomic E-state index is 12.0. The number of aromatic nitrogens is 5. The summed E-state index contributed by atoms with van der Waals surface area (Å²) in [5.74, 6) is 3.47. The SMILES string of the molecule is CN(C)C(=O)c1ccc(CN2CCC(c3nnc(Cn4cccn4)n3C)CC2)o1. The van der Waals surface area contributed by atoms with Crippen LogP contribution in [0.25, 0.3) is 0 Å². The summed E-state index contributed by atoms with van der Waals surface area (Å²) in [5, 5.41) is 13.1. The molecule has 154 valence electrons. The topological polar surface area (TPSA) is 85.2 Å². The van der Waals surface area contributed by atoms with Crippen molar-refractivity contribution in [3.63, 3.8) is 0 Å². The normalized spacial score (nSPS) is 15.7. The van der Waals surface area contributed by atoms with Gasteiger partial charge in [-0.3, -0.25) is 14.4 Å². The van der Waals surface area contributed by atoms with Crippen LogP contribution in [0.1, 0.15) is 46.7 Å². The highest BCUT2D eigenvalue weighted by molar-refractivity contribution is 5.91. The molecule has 1 aliphatic heterocycles. The van der Waals surface area contributed by atoms with Crippen molar-refractivity contribution in [1.82, 2.24) is 34.3 Å². The fourth-order valence-electron chi connectivity index (χ4n) is 3.78. The zero-order valence-electron chi connectivity index (χ0n) is 17.2. The van der Waals surface area contributed by atoms with E-state index >= 15 is 0 Å². The third kappa shape index (κ3) is 4.24. The van der Waals surface area contributed by atoms with Gasteiger partial charge in [0.2, 0.25) is 0 Å². The molecule has 1 fully saturated rings. The Labute approximate surface area is 169 Å². The lowest BCUT2D eigenvalue weighted by atomic mass is 9.96. The minimum Gasteiger partial charge on any atom is -0.455 e. The lowest BCUT2D eigenvalue weighted by molar-refractivity contribution is 0.0792. The van der Waals surface area contributed by atoms with Crippen molar-refractivity contribution >= 4 is 5.91 Å². The van der Waals surface area contributed by atoms with E-state index in [1.54, 1.807) is 26.4 Å². The first-order valence-electron chi connectivity index (χ1n) is 9.89. The molecule has 0 aliphatic carbocycles. The number of likely N-dealkylation sites (tertiary alicyclic amines) is 1. The Kier molecular flexibility index (Phi) is 5.48. The van der Waals surface area contributed by atoms with Crippen molar-refractivity contribution in [2.45, 2.75) is 31.8 Å². The van der Waals surface area contributed by atoms with Gasteiger partial charge in [0.1, 0.15) is 18.1 Å². The van der Waals surface area contributed by atoms with Crippen molar-refractivity contribution in [1.29, 1.82) is 0 Å². The van der Waals surface area contributed by atoms with Crippen molar-refractivity contribution in [3.05, 3.63) is 53.8 Å². The van der Waals surface area contributed by atoms with Crippen molar-refractivity contribution in [2.24, 2.45) is 7.05 Å². The Bertz CT molecular complexity index is 950. The Morgan fingerprint density at radius 1 is 1.21 bits per heavy atom. The molecule has 0 bridgehead atoms. The molecule has 1 amide bonds. The number of nitrogens with zero attached hydrogens (tertiary/aromatic N) is 7. The Morgan fingerprint density at radius 3 is 2.69 bits per heavy atom. The van der Waals surface area contributed by atoms with Gasteiger partial charge in [0.15, 0.2) is 11.6 Å². The Balaban J connectivity index is 1.33. The minimum absolute atomic E-state index is 0.108. The van der Waals surface area contributed by atoms with Gasteiger partial charge in [0.05, 0.1) is 6.54 Å². The van der Waals surface area contributed by atoms with E-state index in [4.69, 9.17) is 4.42 Å². The zero-order valence-corrected chi connectivity index (χ0v) is 17.2. The number of rotatable bonds is 6. The molecule has 0 radical (unpaired) electrons. The van der Waals surface area contributed by atoms with Gasteiger partial charge in [0.25, 0.3) is 5.91 Å². The number of furan rings is 1. The van der Waals surface area contributed by atoms with Crippen molar-refractivity contribution in [3.8, 4) is 0 Å². The number of carbonyl (C=O) groups is 1. The van der Waals surface area contributed by atoms with Crippen LogP contribution < -0.4 is 0 Å². The molecule has 0 aromatic carbocycles. The first-order chi connectivity index (χ1) is 14.0. The molecule has 29 heavy (non-hydrogen) atoms. The monoisotopic (exact) mass is 397 g/mol. The maximum Gasteiger partial charge on any atom is 0.289 e. The molecule has 0 unspecified atom stereocenters. The molecule has 0 atom stereocenters. The number of hydrogen-bond acceptors (Lipinski definition) is 6. The number of piperidine rings is 1. The molecule has 4 rings (SSSR count). The summed E-state index contributed by atoms with van der Waals surface area (Å²) in [4.78, 5) is 15.9. The van der Waals surface area contributed by atoms with Gasteiger partial charge in [-0.15, -0.1) is 10.2 Å². The predicted octanol–water partition coefficient (Wildman–Crippen LogP) is 1.73. The average Bonchev–Trinajstić information content (AvgIpc) is 3.45. The molecule has 9 heteroatoms. The van der Waals surface area contributed by atoms with Crippen LogP contribution >= 0.6 is 0 Å². The summed E-state index contributed by atoms with van der Waals surface area (Å²) in [5.41, 5.74) is 0. The number of carbonyl (C=O) groups excluding carboxylic acids is 1. The molecule has 1 aliphatic rings. The van der Waals surface area contributed by atoms with Crippen molar-refractivity contribution in [2.75, 3.05) is 27.2 Å². The maximum atomic E-state index is 12.0. The number of amides is 1. The van der Waals surface area contributed by atoms with Gasteiger partial charge < -0.3 is 13.9 Å². The third-order valence-electron chi connectivity index (χ3n) is 5.47. The highest BCUT2D eigenvalue weighted by atomic mass is 16.4. The number of hydrogen-bond donors (Lipinski definition) is 0. The molecule has 3 aromatic heterocycles. The van der Waals surface area contributed by atoms with Gasteiger partial charge in [-0.05, 0) is 44.1 Å². The second-order valence-electron chi connectivity index (χ2n) is 7.75. The van der Waals surface area contributed by atoms with Crippen LogP contribution in [0.2, 0.25) is 0 Å². The average molecular weight is 397 g/mol. The second-order valence-corrected chi connectivity index (χ2v) is 7.75. The van der Waals surface area contributed by atoms with E-state index in [0.717, 1.165) is 49.9 Å².